The SMILES string of the molecule is CC1(C)CCc2nc(CCN)[nH]c2C1. The number of nitrogens with zero attached hydrogens (tertiary/aromatic N) is 1. The molecular formula is C11H19N3. The summed E-state index contributed by atoms with van der Waals surface area (Å²) in [6.07, 6.45) is 4.35. The van der Waals surface area contributed by atoms with Gasteiger partial charge in [0.05, 0.1) is 5.69 Å². The summed E-state index contributed by atoms with van der Waals surface area (Å²) in [5.41, 5.74) is 8.55. The Labute approximate surface area is 85.1 Å². The maximum atomic E-state index is 5.51. The molecule has 0 atom stereocenters. The second-order valence-corrected chi connectivity index (χ2v) is 4.99. The molecule has 0 spiro atoms. The van der Waals surface area contributed by atoms with Crippen LogP contribution in [0.5, 0.6) is 0 Å². The first-order valence-electron chi connectivity index (χ1n) is 5.37. The van der Waals surface area contributed by atoms with Gasteiger partial charge in [-0.25, -0.2) is 4.98 Å². The Balaban J connectivity index is 2.21. The Hall–Kier alpha value is -0.830. The Morgan fingerprint density at radius 1 is 1.50 bits per heavy atom. The number of rotatable bonds is 2. The molecule has 3 heteroatoms. The Kier molecular flexibility index (Phi) is 2.35. The van der Waals surface area contributed by atoms with E-state index in [1.807, 2.05) is 0 Å². The van der Waals surface area contributed by atoms with E-state index < -0.39 is 0 Å². The number of fused-ring (bicyclic) bond motifs is 1. The molecule has 3 N–H and O–H groups in total. The molecule has 1 aliphatic carbocycles. The summed E-state index contributed by atoms with van der Waals surface area (Å²) in [5.74, 6) is 1.07. The van der Waals surface area contributed by atoms with Gasteiger partial charge in [0.15, 0.2) is 0 Å². The van der Waals surface area contributed by atoms with Crippen molar-refractivity contribution in [3.63, 3.8) is 0 Å². The van der Waals surface area contributed by atoms with Gasteiger partial charge in [-0.1, -0.05) is 13.8 Å². The van der Waals surface area contributed by atoms with Gasteiger partial charge in [-0.3, -0.25) is 0 Å². The minimum atomic E-state index is 0.430. The molecule has 0 saturated carbocycles. The van der Waals surface area contributed by atoms with E-state index in [-0.39, 0.29) is 0 Å². The first kappa shape index (κ1) is 9.71. The molecule has 14 heavy (non-hydrogen) atoms. The van der Waals surface area contributed by atoms with E-state index in [9.17, 15) is 0 Å². The fourth-order valence-corrected chi connectivity index (χ4v) is 2.14. The zero-order valence-corrected chi connectivity index (χ0v) is 9.06. The normalized spacial score (nSPS) is 19.4. The van der Waals surface area contributed by atoms with Crippen molar-refractivity contribution in [2.45, 2.75) is 39.5 Å². The number of hydrogen-bond donors (Lipinski definition) is 2. The smallest absolute Gasteiger partial charge is 0.107 e. The summed E-state index contributed by atoms with van der Waals surface area (Å²) >= 11 is 0. The van der Waals surface area contributed by atoms with Crippen LogP contribution in [0.3, 0.4) is 0 Å². The number of nitrogens with two attached hydrogens (primary N) is 1. The molecule has 1 aliphatic rings. The molecule has 0 radical (unpaired) electrons. The Morgan fingerprint density at radius 3 is 3.00 bits per heavy atom. The van der Waals surface area contributed by atoms with Crippen LogP contribution in [0.15, 0.2) is 0 Å². The van der Waals surface area contributed by atoms with Crippen molar-refractivity contribution in [2.24, 2.45) is 11.1 Å². The molecule has 0 saturated heterocycles. The van der Waals surface area contributed by atoms with Gasteiger partial charge < -0.3 is 10.7 Å². The van der Waals surface area contributed by atoms with Gasteiger partial charge >= 0.3 is 0 Å². The fourth-order valence-electron chi connectivity index (χ4n) is 2.14. The van der Waals surface area contributed by atoms with E-state index in [0.29, 0.717) is 12.0 Å². The van der Waals surface area contributed by atoms with Crippen LogP contribution >= 0.6 is 0 Å². The number of aryl methyl sites for hydroxylation is 1. The molecule has 0 fully saturated rings. The molecule has 1 heterocycles. The van der Waals surface area contributed by atoms with Crippen LogP contribution in [0.4, 0.5) is 0 Å². The number of H-pyrrole nitrogens is 1. The summed E-state index contributed by atoms with van der Waals surface area (Å²) in [6.45, 7) is 5.31. The lowest BCUT2D eigenvalue weighted by Crippen LogP contribution is -2.21. The largest absolute Gasteiger partial charge is 0.346 e. The summed E-state index contributed by atoms with van der Waals surface area (Å²) in [4.78, 5) is 7.97. The van der Waals surface area contributed by atoms with Gasteiger partial charge in [-0.2, -0.15) is 0 Å². The standard InChI is InChI=1S/C11H19N3/c1-11(2)5-3-8-9(7-11)14-10(13-8)4-6-12/h3-7,12H2,1-2H3,(H,13,14). The van der Waals surface area contributed by atoms with Crippen molar-refractivity contribution in [3.8, 4) is 0 Å². The highest BCUT2D eigenvalue weighted by Crippen LogP contribution is 2.33. The van der Waals surface area contributed by atoms with Gasteiger partial charge in [0.25, 0.3) is 0 Å². The zero-order valence-electron chi connectivity index (χ0n) is 9.06. The van der Waals surface area contributed by atoms with Crippen molar-refractivity contribution in [2.75, 3.05) is 6.54 Å². The number of nitrogens with one attached hydrogen (secondary N) is 1. The van der Waals surface area contributed by atoms with Gasteiger partial charge in [0.2, 0.25) is 0 Å². The van der Waals surface area contributed by atoms with Gasteiger partial charge in [-0.15, -0.1) is 0 Å². The van der Waals surface area contributed by atoms with E-state index in [2.05, 4.69) is 23.8 Å². The lowest BCUT2D eigenvalue weighted by atomic mass is 9.78. The quantitative estimate of drug-likeness (QED) is 0.746. The summed E-state index contributed by atoms with van der Waals surface area (Å²) < 4.78 is 0. The van der Waals surface area contributed by atoms with Crippen LogP contribution in [0.2, 0.25) is 0 Å². The van der Waals surface area contributed by atoms with Crippen LogP contribution in [0, 0.1) is 5.41 Å². The van der Waals surface area contributed by atoms with Crippen molar-refractivity contribution in [1.29, 1.82) is 0 Å². The number of hydrogen-bond acceptors (Lipinski definition) is 2. The topological polar surface area (TPSA) is 54.7 Å². The maximum absolute atomic E-state index is 5.51. The predicted octanol–water partition coefficient (Wildman–Crippen LogP) is 1.43. The molecule has 0 aliphatic heterocycles. The molecule has 0 aromatic carbocycles. The highest BCUT2D eigenvalue weighted by Gasteiger charge is 2.27. The van der Waals surface area contributed by atoms with E-state index in [0.717, 1.165) is 25.1 Å². The minimum absolute atomic E-state index is 0.430. The molecule has 1 aromatic rings. The van der Waals surface area contributed by atoms with E-state index in [4.69, 9.17) is 5.73 Å². The average molecular weight is 193 g/mol. The average Bonchev–Trinajstić information content (AvgIpc) is 2.45. The van der Waals surface area contributed by atoms with Crippen LogP contribution in [0.1, 0.15) is 37.5 Å². The third kappa shape index (κ3) is 1.82. The van der Waals surface area contributed by atoms with Gasteiger partial charge in [-0.05, 0) is 31.2 Å². The third-order valence-corrected chi connectivity index (χ3v) is 2.99. The lowest BCUT2D eigenvalue weighted by Gasteiger charge is -2.28. The van der Waals surface area contributed by atoms with Crippen molar-refractivity contribution < 1.29 is 0 Å². The van der Waals surface area contributed by atoms with Crippen LogP contribution in [-0.4, -0.2) is 16.5 Å². The number of imidazole rings is 1. The molecular weight excluding hydrogens is 174 g/mol. The van der Waals surface area contributed by atoms with E-state index >= 15 is 0 Å². The first-order chi connectivity index (χ1) is 6.61. The monoisotopic (exact) mass is 193 g/mol. The summed E-state index contributed by atoms with van der Waals surface area (Å²) in [5, 5.41) is 0. The molecule has 3 nitrogen and oxygen atoms in total. The molecule has 0 unspecified atom stereocenters. The van der Waals surface area contributed by atoms with Crippen molar-refractivity contribution in [1.82, 2.24) is 9.97 Å². The number of aromatic amines is 1. The highest BCUT2D eigenvalue weighted by atomic mass is 14.9. The number of aromatic nitrogens is 2. The third-order valence-electron chi connectivity index (χ3n) is 2.99. The molecule has 0 bridgehead atoms. The molecule has 0 amide bonds. The highest BCUT2D eigenvalue weighted by molar-refractivity contribution is 5.20. The van der Waals surface area contributed by atoms with E-state index in [1.165, 1.54) is 17.8 Å². The summed E-state index contributed by atoms with van der Waals surface area (Å²) in [7, 11) is 0. The van der Waals surface area contributed by atoms with Crippen LogP contribution < -0.4 is 5.73 Å². The Morgan fingerprint density at radius 2 is 2.29 bits per heavy atom. The van der Waals surface area contributed by atoms with Crippen LogP contribution in [0.25, 0.3) is 0 Å². The lowest BCUT2D eigenvalue weighted by molar-refractivity contribution is 0.310. The summed E-state index contributed by atoms with van der Waals surface area (Å²) in [6, 6.07) is 0. The van der Waals surface area contributed by atoms with Gasteiger partial charge in [0, 0.05) is 12.1 Å². The minimum Gasteiger partial charge on any atom is -0.346 e. The van der Waals surface area contributed by atoms with E-state index in [1.54, 1.807) is 0 Å². The van der Waals surface area contributed by atoms with Gasteiger partial charge in [0.1, 0.15) is 5.82 Å². The molecule has 1 aromatic heterocycles. The Bertz CT molecular complexity index is 325. The molecule has 2 rings (SSSR count). The zero-order chi connectivity index (χ0) is 10.2. The second-order valence-electron chi connectivity index (χ2n) is 4.99. The first-order valence-corrected chi connectivity index (χ1v) is 5.37. The van der Waals surface area contributed by atoms with Crippen molar-refractivity contribution >= 4 is 0 Å². The predicted molar refractivity (Wildman–Crippen MR) is 57.2 cm³/mol. The van der Waals surface area contributed by atoms with Crippen molar-refractivity contribution in [3.05, 3.63) is 17.2 Å². The fraction of sp³-hybridized carbons (Fsp3) is 0.727. The second kappa shape index (κ2) is 3.39. The van der Waals surface area contributed by atoms with Crippen LogP contribution in [-0.2, 0) is 19.3 Å². The maximum Gasteiger partial charge on any atom is 0.107 e. The molecule has 78 valence electrons.